The van der Waals surface area contributed by atoms with Gasteiger partial charge in [-0.05, 0) is 34.7 Å². The summed E-state index contributed by atoms with van der Waals surface area (Å²) >= 11 is 1.59. The number of fused-ring (bicyclic) bond motifs is 1. The monoisotopic (exact) mass is 363 g/mol. The maximum Gasteiger partial charge on any atom is 0.255 e. The third-order valence-corrected chi connectivity index (χ3v) is 5.23. The minimum atomic E-state index is -0.216. The number of nitrogens with one attached hydrogen (secondary N) is 1. The molecule has 0 aliphatic carbocycles. The van der Waals surface area contributed by atoms with Gasteiger partial charge in [0.2, 0.25) is 0 Å². The highest BCUT2D eigenvalue weighted by Gasteiger charge is 2.31. The number of benzene rings is 1. The summed E-state index contributed by atoms with van der Waals surface area (Å²) in [6.07, 6.45) is 3.46. The Morgan fingerprint density at radius 3 is 2.88 bits per heavy atom. The van der Waals surface area contributed by atoms with Crippen LogP contribution in [0.15, 0.2) is 60.2 Å². The highest BCUT2D eigenvalue weighted by Crippen LogP contribution is 2.27. The van der Waals surface area contributed by atoms with Gasteiger partial charge in [-0.2, -0.15) is 0 Å². The number of thiophene rings is 1. The van der Waals surface area contributed by atoms with Gasteiger partial charge in [-0.15, -0.1) is 11.3 Å². The van der Waals surface area contributed by atoms with Gasteiger partial charge < -0.3 is 10.2 Å². The predicted molar refractivity (Wildman–Crippen MR) is 99.7 cm³/mol. The summed E-state index contributed by atoms with van der Waals surface area (Å²) in [5.41, 5.74) is 2.82. The summed E-state index contributed by atoms with van der Waals surface area (Å²) < 4.78 is 0. The van der Waals surface area contributed by atoms with Gasteiger partial charge in [0, 0.05) is 30.4 Å². The number of carbonyl (C=O) groups is 2. The average Bonchev–Trinajstić information content (AvgIpc) is 3.29. The van der Waals surface area contributed by atoms with Crippen molar-refractivity contribution in [1.82, 2.24) is 15.2 Å². The molecule has 2 amide bonds. The molecule has 0 spiro atoms. The number of rotatable bonds is 5. The maximum atomic E-state index is 12.9. The first-order chi connectivity index (χ1) is 12.7. The molecule has 4 rings (SSSR count). The van der Waals surface area contributed by atoms with Crippen LogP contribution in [-0.4, -0.2) is 21.7 Å². The van der Waals surface area contributed by atoms with Crippen molar-refractivity contribution >= 4 is 23.2 Å². The van der Waals surface area contributed by atoms with Crippen LogP contribution in [-0.2, 0) is 19.6 Å². The summed E-state index contributed by atoms with van der Waals surface area (Å²) in [5.74, 6) is -0.322. The van der Waals surface area contributed by atoms with E-state index in [0.29, 0.717) is 30.8 Å². The van der Waals surface area contributed by atoms with Crippen LogP contribution >= 0.6 is 11.3 Å². The van der Waals surface area contributed by atoms with Crippen LogP contribution in [0.1, 0.15) is 36.7 Å². The Morgan fingerprint density at radius 1 is 1.19 bits per heavy atom. The average molecular weight is 363 g/mol. The van der Waals surface area contributed by atoms with Crippen molar-refractivity contribution in [2.45, 2.75) is 19.6 Å². The number of amides is 2. The zero-order valence-electron chi connectivity index (χ0n) is 14.0. The second-order valence-corrected chi connectivity index (χ2v) is 7.16. The molecule has 1 N–H and O–H groups in total. The Kier molecular flexibility index (Phi) is 4.50. The van der Waals surface area contributed by atoms with E-state index in [1.54, 1.807) is 34.7 Å². The fourth-order valence-electron chi connectivity index (χ4n) is 3.12. The smallest absolute Gasteiger partial charge is 0.255 e. The van der Waals surface area contributed by atoms with Gasteiger partial charge in [-0.3, -0.25) is 14.6 Å². The van der Waals surface area contributed by atoms with Crippen molar-refractivity contribution < 1.29 is 9.59 Å². The molecule has 26 heavy (non-hydrogen) atoms. The summed E-state index contributed by atoms with van der Waals surface area (Å²) in [7, 11) is 0. The van der Waals surface area contributed by atoms with E-state index in [0.717, 1.165) is 16.0 Å². The van der Waals surface area contributed by atoms with Crippen LogP contribution in [0.5, 0.6) is 0 Å². The summed E-state index contributed by atoms with van der Waals surface area (Å²) in [4.78, 5) is 32.4. The first-order valence-electron chi connectivity index (χ1n) is 8.33. The highest BCUT2D eigenvalue weighted by molar-refractivity contribution is 7.09. The Labute approximate surface area is 155 Å². The van der Waals surface area contributed by atoms with E-state index in [1.807, 2.05) is 41.8 Å². The lowest BCUT2D eigenvalue weighted by Crippen LogP contribution is -2.27. The van der Waals surface area contributed by atoms with Crippen LogP contribution in [0.2, 0.25) is 0 Å². The molecule has 0 bridgehead atoms. The van der Waals surface area contributed by atoms with Crippen molar-refractivity contribution in [3.05, 3.63) is 87.4 Å². The minimum absolute atomic E-state index is 0.106. The van der Waals surface area contributed by atoms with Crippen LogP contribution < -0.4 is 5.32 Å². The predicted octanol–water partition coefficient (Wildman–Crippen LogP) is 3.23. The fraction of sp³-hybridized carbons (Fsp3) is 0.150. The zero-order valence-corrected chi connectivity index (χ0v) is 14.8. The first kappa shape index (κ1) is 16.5. The quantitative estimate of drug-likeness (QED) is 0.757. The molecule has 0 saturated heterocycles. The number of hydrogen-bond donors (Lipinski definition) is 1. The van der Waals surface area contributed by atoms with Gasteiger partial charge in [0.15, 0.2) is 0 Å². The van der Waals surface area contributed by atoms with E-state index in [9.17, 15) is 9.59 Å². The molecule has 1 aliphatic rings. The van der Waals surface area contributed by atoms with Crippen LogP contribution in [0.4, 0.5) is 0 Å². The Balaban J connectivity index is 1.53. The summed E-state index contributed by atoms with van der Waals surface area (Å²) in [6.45, 7) is 1.46. The van der Waals surface area contributed by atoms with Crippen LogP contribution in [0.3, 0.4) is 0 Å². The first-order valence-corrected chi connectivity index (χ1v) is 9.21. The molecule has 0 fully saturated rings. The minimum Gasteiger partial charge on any atom is -0.347 e. The molecular weight excluding hydrogens is 346 g/mol. The molecule has 3 aromatic rings. The number of pyridine rings is 1. The van der Waals surface area contributed by atoms with E-state index in [1.165, 1.54) is 0 Å². The van der Waals surface area contributed by atoms with Crippen molar-refractivity contribution in [2.24, 2.45) is 0 Å². The highest BCUT2D eigenvalue weighted by atomic mass is 32.1. The van der Waals surface area contributed by atoms with E-state index in [-0.39, 0.29) is 11.8 Å². The SMILES string of the molecule is O=C(NCc1cccs1)c1cccc2c1C(=O)N(Cc1cccnc1)C2. The Morgan fingerprint density at radius 2 is 2.12 bits per heavy atom. The number of hydrogen-bond acceptors (Lipinski definition) is 4. The summed E-state index contributed by atoms with van der Waals surface area (Å²) in [6, 6.07) is 13.2. The second-order valence-electron chi connectivity index (χ2n) is 6.12. The molecule has 0 unspecified atom stereocenters. The number of aromatic nitrogens is 1. The van der Waals surface area contributed by atoms with Crippen molar-refractivity contribution in [2.75, 3.05) is 0 Å². The van der Waals surface area contributed by atoms with Gasteiger partial charge >= 0.3 is 0 Å². The van der Waals surface area contributed by atoms with E-state index < -0.39 is 0 Å². The summed E-state index contributed by atoms with van der Waals surface area (Å²) in [5, 5.41) is 4.88. The molecule has 0 saturated carbocycles. The van der Waals surface area contributed by atoms with Crippen LogP contribution in [0.25, 0.3) is 0 Å². The molecule has 130 valence electrons. The van der Waals surface area contributed by atoms with Gasteiger partial charge in [0.05, 0.1) is 17.7 Å². The van der Waals surface area contributed by atoms with Crippen LogP contribution in [0, 0.1) is 0 Å². The lowest BCUT2D eigenvalue weighted by molar-refractivity contribution is 0.0761. The third-order valence-electron chi connectivity index (χ3n) is 4.36. The molecule has 1 aliphatic heterocycles. The van der Waals surface area contributed by atoms with Crippen molar-refractivity contribution in [3.63, 3.8) is 0 Å². The molecule has 3 heterocycles. The van der Waals surface area contributed by atoms with E-state index in [2.05, 4.69) is 10.3 Å². The molecule has 6 heteroatoms. The standard InChI is InChI=1S/C20H17N3O2S/c24-19(22-11-16-6-3-9-26-16)17-7-1-5-15-13-23(20(25)18(15)17)12-14-4-2-8-21-10-14/h1-10H,11-13H2,(H,22,24). The topological polar surface area (TPSA) is 62.3 Å². The molecule has 5 nitrogen and oxygen atoms in total. The molecular formula is C20H17N3O2S. The zero-order chi connectivity index (χ0) is 17.9. The Bertz CT molecular complexity index is 939. The number of nitrogens with zero attached hydrogens (tertiary/aromatic N) is 2. The second kappa shape index (κ2) is 7.09. The third kappa shape index (κ3) is 3.23. The largest absolute Gasteiger partial charge is 0.347 e. The number of carbonyl (C=O) groups excluding carboxylic acids is 2. The van der Waals surface area contributed by atoms with Gasteiger partial charge in [-0.1, -0.05) is 24.3 Å². The molecule has 1 aromatic carbocycles. The maximum absolute atomic E-state index is 12.9. The molecule has 0 atom stereocenters. The molecule has 2 aromatic heterocycles. The lowest BCUT2D eigenvalue weighted by atomic mass is 10.0. The van der Waals surface area contributed by atoms with E-state index in [4.69, 9.17) is 0 Å². The Hall–Kier alpha value is -2.99. The fourth-order valence-corrected chi connectivity index (χ4v) is 3.77. The van der Waals surface area contributed by atoms with E-state index >= 15 is 0 Å². The normalized spacial score (nSPS) is 12.9. The lowest BCUT2D eigenvalue weighted by Gasteiger charge is -2.15. The van der Waals surface area contributed by atoms with Gasteiger partial charge in [0.1, 0.15) is 0 Å². The van der Waals surface area contributed by atoms with Gasteiger partial charge in [0.25, 0.3) is 11.8 Å². The van der Waals surface area contributed by atoms with Gasteiger partial charge in [-0.25, -0.2) is 0 Å². The molecule has 0 radical (unpaired) electrons. The van der Waals surface area contributed by atoms with Crippen molar-refractivity contribution in [1.29, 1.82) is 0 Å². The van der Waals surface area contributed by atoms with Crippen molar-refractivity contribution in [3.8, 4) is 0 Å².